The van der Waals surface area contributed by atoms with Gasteiger partial charge in [0.15, 0.2) is 12.3 Å². The molecule has 1 saturated heterocycles. The summed E-state index contributed by atoms with van der Waals surface area (Å²) in [5, 5.41) is 0. The number of piperazine rings is 1. The quantitative estimate of drug-likeness (QED) is 0.860. The van der Waals surface area contributed by atoms with Crippen LogP contribution in [0.4, 0.5) is 4.39 Å². The van der Waals surface area contributed by atoms with Crippen molar-refractivity contribution in [1.82, 2.24) is 14.8 Å². The lowest BCUT2D eigenvalue weighted by Gasteiger charge is -2.31. The molecule has 1 aliphatic rings. The highest BCUT2D eigenvalue weighted by Gasteiger charge is 2.23. The summed E-state index contributed by atoms with van der Waals surface area (Å²) in [4.78, 5) is 20.4. The lowest BCUT2D eigenvalue weighted by molar-refractivity contribution is 0.0658. The van der Waals surface area contributed by atoms with Crippen molar-refractivity contribution in [3.05, 3.63) is 47.9 Å². The number of hydrogen-bond donors (Lipinski definition) is 0. The van der Waals surface area contributed by atoms with Crippen molar-refractivity contribution < 1.29 is 18.3 Å². The monoisotopic (exact) mass is 319 g/mol. The van der Waals surface area contributed by atoms with E-state index in [9.17, 15) is 9.18 Å². The number of nitrogens with zero attached hydrogens (tertiary/aromatic N) is 3. The molecule has 0 saturated carbocycles. The highest BCUT2D eigenvalue weighted by molar-refractivity contribution is 5.92. The van der Waals surface area contributed by atoms with Crippen molar-refractivity contribution in [1.29, 1.82) is 0 Å². The first-order chi connectivity index (χ1) is 11.1. The van der Waals surface area contributed by atoms with Gasteiger partial charge in [0.25, 0.3) is 5.91 Å². The van der Waals surface area contributed by atoms with Crippen LogP contribution in [0, 0.1) is 5.82 Å². The number of carbonyl (C=O) groups is 1. The second kappa shape index (κ2) is 6.78. The van der Waals surface area contributed by atoms with E-state index in [1.165, 1.54) is 18.4 Å². The van der Waals surface area contributed by atoms with Gasteiger partial charge in [-0.15, -0.1) is 0 Å². The van der Waals surface area contributed by atoms with E-state index in [1.807, 2.05) is 7.05 Å². The highest BCUT2D eigenvalue weighted by atomic mass is 19.1. The van der Waals surface area contributed by atoms with Gasteiger partial charge in [-0.2, -0.15) is 0 Å². The van der Waals surface area contributed by atoms with Crippen LogP contribution in [0.1, 0.15) is 16.4 Å². The molecular formula is C16H18FN3O3. The van der Waals surface area contributed by atoms with E-state index in [1.54, 1.807) is 17.0 Å². The van der Waals surface area contributed by atoms with Gasteiger partial charge in [0.05, 0.1) is 0 Å². The molecule has 0 bridgehead atoms. The molecule has 3 rings (SSSR count). The SMILES string of the molecule is CN1CCN(C(=O)c2coc(COc3cccc(F)c3)n2)CC1. The van der Waals surface area contributed by atoms with Crippen molar-refractivity contribution in [2.45, 2.75) is 6.61 Å². The molecule has 0 N–H and O–H groups in total. The summed E-state index contributed by atoms with van der Waals surface area (Å²) >= 11 is 0. The maximum atomic E-state index is 13.1. The predicted molar refractivity (Wildman–Crippen MR) is 80.6 cm³/mol. The normalized spacial score (nSPS) is 15.7. The summed E-state index contributed by atoms with van der Waals surface area (Å²) in [6, 6.07) is 5.81. The Labute approximate surface area is 133 Å². The minimum Gasteiger partial charge on any atom is -0.484 e. The minimum atomic E-state index is -0.374. The Kier molecular flexibility index (Phi) is 4.57. The number of halogens is 1. The Morgan fingerprint density at radius 3 is 2.87 bits per heavy atom. The molecule has 1 fully saturated rings. The molecule has 1 aromatic heterocycles. The maximum absolute atomic E-state index is 13.1. The van der Waals surface area contributed by atoms with Gasteiger partial charge >= 0.3 is 0 Å². The van der Waals surface area contributed by atoms with E-state index in [-0.39, 0.29) is 29.9 Å². The number of carbonyl (C=O) groups excluding carboxylic acids is 1. The summed E-state index contributed by atoms with van der Waals surface area (Å²) in [5.41, 5.74) is 0.271. The minimum absolute atomic E-state index is 0.0411. The number of likely N-dealkylation sites (N-methyl/N-ethyl adjacent to an activating group) is 1. The summed E-state index contributed by atoms with van der Waals surface area (Å²) in [6.45, 7) is 3.09. The van der Waals surface area contributed by atoms with Gasteiger partial charge in [-0.3, -0.25) is 4.79 Å². The molecule has 1 amide bonds. The fourth-order valence-electron chi connectivity index (χ4n) is 2.35. The van der Waals surface area contributed by atoms with E-state index in [4.69, 9.17) is 9.15 Å². The van der Waals surface area contributed by atoms with Gasteiger partial charge in [-0.05, 0) is 19.2 Å². The molecular weight excluding hydrogens is 301 g/mol. The first-order valence-electron chi connectivity index (χ1n) is 7.42. The lowest BCUT2D eigenvalue weighted by atomic mass is 10.3. The van der Waals surface area contributed by atoms with E-state index >= 15 is 0 Å². The molecule has 6 nitrogen and oxygen atoms in total. The highest BCUT2D eigenvalue weighted by Crippen LogP contribution is 2.15. The largest absolute Gasteiger partial charge is 0.484 e. The number of benzene rings is 1. The fraction of sp³-hybridized carbons (Fsp3) is 0.375. The first kappa shape index (κ1) is 15.5. The number of aromatic nitrogens is 1. The van der Waals surface area contributed by atoms with Crippen molar-refractivity contribution in [3.63, 3.8) is 0 Å². The molecule has 0 unspecified atom stereocenters. The Morgan fingerprint density at radius 1 is 1.35 bits per heavy atom. The summed E-state index contributed by atoms with van der Waals surface area (Å²) < 4.78 is 23.7. The van der Waals surface area contributed by atoms with Crippen LogP contribution in [-0.4, -0.2) is 53.9 Å². The molecule has 7 heteroatoms. The van der Waals surface area contributed by atoms with Crippen molar-refractivity contribution in [3.8, 4) is 5.75 Å². The van der Waals surface area contributed by atoms with E-state index in [2.05, 4.69) is 9.88 Å². The molecule has 0 aliphatic carbocycles. The molecule has 1 aromatic carbocycles. The van der Waals surface area contributed by atoms with Crippen molar-refractivity contribution >= 4 is 5.91 Å². The van der Waals surface area contributed by atoms with Crippen LogP contribution >= 0.6 is 0 Å². The smallest absolute Gasteiger partial charge is 0.275 e. The lowest BCUT2D eigenvalue weighted by Crippen LogP contribution is -2.47. The zero-order valence-electron chi connectivity index (χ0n) is 12.9. The van der Waals surface area contributed by atoms with Gasteiger partial charge < -0.3 is 19.0 Å². The molecule has 122 valence electrons. The third kappa shape index (κ3) is 3.87. The van der Waals surface area contributed by atoms with E-state index < -0.39 is 0 Å². The average molecular weight is 319 g/mol. The van der Waals surface area contributed by atoms with Gasteiger partial charge in [-0.25, -0.2) is 9.37 Å². The molecule has 0 spiro atoms. The molecule has 2 aromatic rings. The van der Waals surface area contributed by atoms with Crippen LogP contribution in [0.2, 0.25) is 0 Å². The van der Waals surface area contributed by atoms with E-state index in [0.717, 1.165) is 13.1 Å². The zero-order chi connectivity index (χ0) is 16.2. The summed E-state index contributed by atoms with van der Waals surface area (Å²) in [5.74, 6) is 0.154. The van der Waals surface area contributed by atoms with Crippen molar-refractivity contribution in [2.24, 2.45) is 0 Å². The van der Waals surface area contributed by atoms with Gasteiger partial charge in [0.2, 0.25) is 5.89 Å². The van der Waals surface area contributed by atoms with Gasteiger partial charge in [0.1, 0.15) is 17.8 Å². The molecule has 23 heavy (non-hydrogen) atoms. The number of amides is 1. The van der Waals surface area contributed by atoms with Gasteiger partial charge in [-0.1, -0.05) is 6.07 Å². The fourth-order valence-corrected chi connectivity index (χ4v) is 2.35. The van der Waals surface area contributed by atoms with Crippen LogP contribution in [0.5, 0.6) is 5.75 Å². The summed E-state index contributed by atoms with van der Waals surface area (Å²) in [7, 11) is 2.03. The van der Waals surface area contributed by atoms with Crippen LogP contribution in [-0.2, 0) is 6.61 Å². The molecule has 1 aliphatic heterocycles. The number of hydrogen-bond acceptors (Lipinski definition) is 5. The summed E-state index contributed by atoms with van der Waals surface area (Å²) in [6.07, 6.45) is 1.34. The van der Waals surface area contributed by atoms with Gasteiger partial charge in [0, 0.05) is 32.2 Å². The maximum Gasteiger partial charge on any atom is 0.275 e. The Bertz CT molecular complexity index is 681. The second-order valence-electron chi connectivity index (χ2n) is 5.47. The second-order valence-corrected chi connectivity index (χ2v) is 5.47. The van der Waals surface area contributed by atoms with Crippen LogP contribution < -0.4 is 4.74 Å². The molecule has 0 radical (unpaired) electrons. The van der Waals surface area contributed by atoms with E-state index in [0.29, 0.717) is 18.8 Å². The number of ether oxygens (including phenoxy) is 1. The Morgan fingerprint density at radius 2 is 2.13 bits per heavy atom. The molecule has 0 atom stereocenters. The number of rotatable bonds is 4. The third-order valence-electron chi connectivity index (χ3n) is 3.72. The van der Waals surface area contributed by atoms with Crippen LogP contribution in [0.25, 0.3) is 0 Å². The third-order valence-corrected chi connectivity index (χ3v) is 3.72. The van der Waals surface area contributed by atoms with Crippen LogP contribution in [0.15, 0.2) is 34.9 Å². The molecule has 2 heterocycles. The average Bonchev–Trinajstić information content (AvgIpc) is 3.02. The predicted octanol–water partition coefficient (Wildman–Crippen LogP) is 1.78. The number of oxazole rings is 1. The standard InChI is InChI=1S/C16H18FN3O3/c1-19-5-7-20(8-6-19)16(21)14-10-23-15(18-14)11-22-13-4-2-3-12(17)9-13/h2-4,9-10H,5-8,11H2,1H3. The first-order valence-corrected chi connectivity index (χ1v) is 7.42. The Balaban J connectivity index is 1.58. The Hall–Kier alpha value is -2.41. The zero-order valence-corrected chi connectivity index (χ0v) is 12.9. The van der Waals surface area contributed by atoms with Crippen molar-refractivity contribution in [2.75, 3.05) is 33.2 Å². The topological polar surface area (TPSA) is 58.8 Å². The van der Waals surface area contributed by atoms with Crippen LogP contribution in [0.3, 0.4) is 0 Å².